The lowest BCUT2D eigenvalue weighted by atomic mass is 10.1. The highest BCUT2D eigenvalue weighted by Crippen LogP contribution is 2.19. The summed E-state index contributed by atoms with van der Waals surface area (Å²) in [6.45, 7) is 0.429. The molecule has 1 heterocycles. The Morgan fingerprint density at radius 1 is 1.40 bits per heavy atom. The summed E-state index contributed by atoms with van der Waals surface area (Å²) in [6, 6.07) is 8.24. The average Bonchev–Trinajstić information content (AvgIpc) is 2.60. The van der Waals surface area contributed by atoms with E-state index in [2.05, 4.69) is 5.10 Å². The van der Waals surface area contributed by atoms with Crippen LogP contribution in [0.2, 0.25) is 0 Å². The van der Waals surface area contributed by atoms with Crippen LogP contribution in [-0.2, 0) is 13.6 Å². The summed E-state index contributed by atoms with van der Waals surface area (Å²) in [5, 5.41) is 4.26. The molecule has 0 atom stereocenters. The van der Waals surface area contributed by atoms with Gasteiger partial charge in [-0.25, -0.2) is 4.39 Å². The molecule has 0 unspecified atom stereocenters. The van der Waals surface area contributed by atoms with Gasteiger partial charge in [0.1, 0.15) is 5.82 Å². The minimum atomic E-state index is -0.257. The zero-order valence-corrected chi connectivity index (χ0v) is 8.44. The van der Waals surface area contributed by atoms with Gasteiger partial charge in [-0.2, -0.15) is 5.10 Å². The van der Waals surface area contributed by atoms with E-state index in [4.69, 9.17) is 5.73 Å². The summed E-state index contributed by atoms with van der Waals surface area (Å²) in [4.78, 5) is 0. The van der Waals surface area contributed by atoms with Crippen LogP contribution >= 0.6 is 0 Å². The van der Waals surface area contributed by atoms with E-state index in [1.807, 2.05) is 19.2 Å². The number of aromatic nitrogens is 2. The minimum absolute atomic E-state index is 0.257. The van der Waals surface area contributed by atoms with Crippen molar-refractivity contribution in [2.75, 3.05) is 0 Å². The van der Waals surface area contributed by atoms with Gasteiger partial charge in [-0.1, -0.05) is 12.1 Å². The molecule has 1 aromatic heterocycles. The first-order chi connectivity index (χ1) is 7.20. The first-order valence-electron chi connectivity index (χ1n) is 4.69. The minimum Gasteiger partial charge on any atom is -0.325 e. The maximum atomic E-state index is 13.0. The van der Waals surface area contributed by atoms with Crippen molar-refractivity contribution in [2.45, 2.75) is 6.54 Å². The molecule has 2 N–H and O–H groups in total. The molecule has 0 aliphatic carbocycles. The van der Waals surface area contributed by atoms with Crippen molar-refractivity contribution >= 4 is 0 Å². The Morgan fingerprint density at radius 2 is 2.20 bits per heavy atom. The van der Waals surface area contributed by atoms with Crippen LogP contribution in [0, 0.1) is 5.82 Å². The Morgan fingerprint density at radius 3 is 2.80 bits per heavy atom. The molecule has 78 valence electrons. The molecule has 0 saturated heterocycles. The summed E-state index contributed by atoms with van der Waals surface area (Å²) < 4.78 is 14.7. The van der Waals surface area contributed by atoms with E-state index in [-0.39, 0.29) is 5.82 Å². The molecule has 2 rings (SSSR count). The smallest absolute Gasteiger partial charge is 0.123 e. The molecule has 1 aromatic carbocycles. The Hall–Kier alpha value is -1.68. The van der Waals surface area contributed by atoms with Gasteiger partial charge in [-0.3, -0.25) is 4.68 Å². The maximum Gasteiger partial charge on any atom is 0.123 e. The largest absolute Gasteiger partial charge is 0.325 e. The van der Waals surface area contributed by atoms with Crippen molar-refractivity contribution in [1.82, 2.24) is 9.78 Å². The molecule has 0 spiro atoms. The summed E-state index contributed by atoms with van der Waals surface area (Å²) >= 11 is 0. The van der Waals surface area contributed by atoms with Gasteiger partial charge in [0.15, 0.2) is 0 Å². The standard InChI is InChI=1S/C11H12FN3/c1-15-10(7-13)6-11(14-15)8-3-2-4-9(12)5-8/h2-6H,7,13H2,1H3. The maximum absolute atomic E-state index is 13.0. The van der Waals surface area contributed by atoms with E-state index < -0.39 is 0 Å². The van der Waals surface area contributed by atoms with Crippen LogP contribution in [0.4, 0.5) is 4.39 Å². The Bertz CT molecular complexity index is 476. The summed E-state index contributed by atoms with van der Waals surface area (Å²) in [6.07, 6.45) is 0. The number of nitrogens with two attached hydrogens (primary N) is 1. The van der Waals surface area contributed by atoms with Crippen LogP contribution in [0.5, 0.6) is 0 Å². The predicted octanol–water partition coefficient (Wildman–Crippen LogP) is 1.68. The van der Waals surface area contributed by atoms with Crippen molar-refractivity contribution in [3.8, 4) is 11.3 Å². The molecule has 4 heteroatoms. The molecule has 0 bridgehead atoms. The Kier molecular flexibility index (Phi) is 2.51. The molecule has 15 heavy (non-hydrogen) atoms. The van der Waals surface area contributed by atoms with Crippen LogP contribution in [0.15, 0.2) is 30.3 Å². The topological polar surface area (TPSA) is 43.8 Å². The highest BCUT2D eigenvalue weighted by atomic mass is 19.1. The number of rotatable bonds is 2. The molecular formula is C11H12FN3. The third-order valence-electron chi connectivity index (χ3n) is 2.31. The van der Waals surface area contributed by atoms with Crippen LogP contribution in [0.1, 0.15) is 5.69 Å². The third-order valence-corrected chi connectivity index (χ3v) is 2.31. The van der Waals surface area contributed by atoms with Gasteiger partial charge in [0.2, 0.25) is 0 Å². The normalized spacial score (nSPS) is 10.6. The molecule has 0 radical (unpaired) electrons. The monoisotopic (exact) mass is 205 g/mol. The molecule has 0 amide bonds. The summed E-state index contributed by atoms with van der Waals surface area (Å²) in [7, 11) is 1.82. The lowest BCUT2D eigenvalue weighted by molar-refractivity contribution is 0.628. The van der Waals surface area contributed by atoms with E-state index in [1.165, 1.54) is 12.1 Å². The lowest BCUT2D eigenvalue weighted by Gasteiger charge is -1.95. The first-order valence-corrected chi connectivity index (χ1v) is 4.69. The van der Waals surface area contributed by atoms with Crippen LogP contribution in [0.3, 0.4) is 0 Å². The van der Waals surface area contributed by atoms with Crippen molar-refractivity contribution in [3.63, 3.8) is 0 Å². The highest BCUT2D eigenvalue weighted by Gasteiger charge is 2.06. The van der Waals surface area contributed by atoms with Crippen molar-refractivity contribution in [3.05, 3.63) is 41.8 Å². The van der Waals surface area contributed by atoms with Gasteiger partial charge >= 0.3 is 0 Å². The van der Waals surface area contributed by atoms with E-state index >= 15 is 0 Å². The number of nitrogens with zero attached hydrogens (tertiary/aromatic N) is 2. The van der Waals surface area contributed by atoms with E-state index in [9.17, 15) is 4.39 Å². The molecule has 0 aliphatic heterocycles. The Labute approximate surface area is 87.3 Å². The second kappa shape index (κ2) is 3.82. The Balaban J connectivity index is 2.45. The number of benzene rings is 1. The molecule has 0 fully saturated rings. The number of hydrogen-bond acceptors (Lipinski definition) is 2. The second-order valence-corrected chi connectivity index (χ2v) is 3.36. The molecule has 2 aromatic rings. The van der Waals surface area contributed by atoms with Crippen LogP contribution in [-0.4, -0.2) is 9.78 Å². The van der Waals surface area contributed by atoms with Gasteiger partial charge in [0.25, 0.3) is 0 Å². The fourth-order valence-electron chi connectivity index (χ4n) is 1.49. The molecular weight excluding hydrogens is 193 g/mol. The van der Waals surface area contributed by atoms with Crippen molar-refractivity contribution < 1.29 is 4.39 Å². The molecule has 0 aliphatic rings. The number of aryl methyl sites for hydroxylation is 1. The lowest BCUT2D eigenvalue weighted by Crippen LogP contribution is -2.03. The SMILES string of the molecule is Cn1nc(-c2cccc(F)c2)cc1CN. The third kappa shape index (κ3) is 1.89. The fourth-order valence-corrected chi connectivity index (χ4v) is 1.49. The highest BCUT2D eigenvalue weighted by molar-refractivity contribution is 5.59. The molecule has 3 nitrogen and oxygen atoms in total. The van der Waals surface area contributed by atoms with Gasteiger partial charge in [0, 0.05) is 19.2 Å². The number of halogens is 1. The second-order valence-electron chi connectivity index (χ2n) is 3.36. The van der Waals surface area contributed by atoms with Gasteiger partial charge in [-0.15, -0.1) is 0 Å². The van der Waals surface area contributed by atoms with E-state index in [0.717, 1.165) is 17.0 Å². The van der Waals surface area contributed by atoms with Crippen LogP contribution in [0.25, 0.3) is 11.3 Å². The van der Waals surface area contributed by atoms with Crippen molar-refractivity contribution in [2.24, 2.45) is 12.8 Å². The summed E-state index contributed by atoms with van der Waals surface area (Å²) in [5.41, 5.74) is 7.98. The van der Waals surface area contributed by atoms with E-state index in [0.29, 0.717) is 6.54 Å². The quantitative estimate of drug-likeness (QED) is 0.810. The van der Waals surface area contributed by atoms with Crippen LogP contribution < -0.4 is 5.73 Å². The van der Waals surface area contributed by atoms with E-state index in [1.54, 1.807) is 10.7 Å². The van der Waals surface area contributed by atoms with Gasteiger partial charge in [-0.05, 0) is 18.2 Å². The average molecular weight is 205 g/mol. The zero-order valence-electron chi connectivity index (χ0n) is 8.44. The van der Waals surface area contributed by atoms with Crippen molar-refractivity contribution in [1.29, 1.82) is 0 Å². The summed E-state index contributed by atoms with van der Waals surface area (Å²) in [5.74, 6) is -0.257. The predicted molar refractivity (Wildman–Crippen MR) is 56.5 cm³/mol. The fraction of sp³-hybridized carbons (Fsp3) is 0.182. The zero-order chi connectivity index (χ0) is 10.8. The number of hydrogen-bond donors (Lipinski definition) is 1. The van der Waals surface area contributed by atoms with Gasteiger partial charge < -0.3 is 5.73 Å². The molecule has 0 saturated carbocycles. The van der Waals surface area contributed by atoms with Gasteiger partial charge in [0.05, 0.1) is 11.4 Å². The first kappa shape index (κ1) is 9.86.